The van der Waals surface area contributed by atoms with Crippen LogP contribution in [-0.2, 0) is 10.0 Å². The van der Waals surface area contributed by atoms with E-state index in [1.165, 1.54) is 11.3 Å². The summed E-state index contributed by atoms with van der Waals surface area (Å²) < 4.78 is 29.5. The molecule has 0 saturated carbocycles. The van der Waals surface area contributed by atoms with Gasteiger partial charge >= 0.3 is 0 Å². The third-order valence-corrected chi connectivity index (χ3v) is 5.68. The van der Waals surface area contributed by atoms with E-state index in [9.17, 15) is 8.42 Å². The van der Waals surface area contributed by atoms with E-state index in [2.05, 4.69) is 25.8 Å². The van der Waals surface area contributed by atoms with Crippen molar-refractivity contribution < 1.29 is 8.42 Å². The molecule has 1 N–H and O–H groups in total. The molecular formula is C10H12BrN3O2S2. The Morgan fingerprint density at radius 1 is 1.39 bits per heavy atom. The molecule has 0 amide bonds. The van der Waals surface area contributed by atoms with E-state index in [0.717, 1.165) is 3.79 Å². The lowest BCUT2D eigenvalue weighted by molar-refractivity contribution is 0.539. The molecule has 8 heteroatoms. The smallest absolute Gasteiger partial charge is 0.263 e. The molecule has 0 aromatic carbocycles. The third-order valence-electron chi connectivity index (χ3n) is 2.21. The monoisotopic (exact) mass is 349 g/mol. The fraction of sp³-hybridized carbons (Fsp3) is 0.300. The molecule has 0 bridgehead atoms. The Kier molecular flexibility index (Phi) is 3.79. The van der Waals surface area contributed by atoms with Gasteiger partial charge in [-0.25, -0.2) is 13.1 Å². The highest BCUT2D eigenvalue weighted by molar-refractivity contribution is 9.11. The van der Waals surface area contributed by atoms with E-state index in [1.54, 1.807) is 29.1 Å². The lowest BCUT2D eigenvalue weighted by Gasteiger charge is -2.12. The van der Waals surface area contributed by atoms with Crippen LogP contribution in [0.25, 0.3) is 0 Å². The molecule has 0 unspecified atom stereocenters. The largest absolute Gasteiger partial charge is 0.272 e. The van der Waals surface area contributed by atoms with Gasteiger partial charge in [0.05, 0.1) is 9.98 Å². The Labute approximate surface area is 118 Å². The van der Waals surface area contributed by atoms with Crippen LogP contribution in [0.2, 0.25) is 0 Å². The van der Waals surface area contributed by atoms with E-state index < -0.39 is 10.0 Å². The van der Waals surface area contributed by atoms with Crippen LogP contribution in [0.3, 0.4) is 0 Å². The lowest BCUT2D eigenvalue weighted by atomic mass is 10.4. The second kappa shape index (κ2) is 5.02. The Morgan fingerprint density at radius 3 is 2.67 bits per heavy atom. The maximum absolute atomic E-state index is 12.1. The van der Waals surface area contributed by atoms with Crippen molar-refractivity contribution in [3.8, 4) is 0 Å². The molecule has 0 radical (unpaired) electrons. The highest BCUT2D eigenvalue weighted by Gasteiger charge is 2.19. The molecule has 2 heterocycles. The van der Waals surface area contributed by atoms with Gasteiger partial charge in [0.2, 0.25) is 0 Å². The predicted molar refractivity (Wildman–Crippen MR) is 75.4 cm³/mol. The summed E-state index contributed by atoms with van der Waals surface area (Å²) in [6.07, 6.45) is 1.57. The Balaban J connectivity index is 2.31. The molecule has 98 valence electrons. The van der Waals surface area contributed by atoms with E-state index in [1.807, 2.05) is 13.8 Å². The van der Waals surface area contributed by atoms with Gasteiger partial charge in [-0.2, -0.15) is 5.10 Å². The molecule has 2 aromatic rings. The topological polar surface area (TPSA) is 64.0 Å². The summed E-state index contributed by atoms with van der Waals surface area (Å²) in [6, 6.07) is 5.00. The van der Waals surface area contributed by atoms with Gasteiger partial charge in [0.1, 0.15) is 10.0 Å². The van der Waals surface area contributed by atoms with Crippen molar-refractivity contribution in [2.24, 2.45) is 0 Å². The first-order chi connectivity index (χ1) is 8.40. The van der Waals surface area contributed by atoms with Crippen LogP contribution >= 0.6 is 27.3 Å². The van der Waals surface area contributed by atoms with Gasteiger partial charge < -0.3 is 0 Å². The number of hydrogen-bond acceptors (Lipinski definition) is 4. The summed E-state index contributed by atoms with van der Waals surface area (Å²) in [5.41, 5.74) is 0. The molecule has 0 atom stereocenters. The lowest BCUT2D eigenvalue weighted by Crippen LogP contribution is -2.16. The molecule has 0 aliphatic carbocycles. The zero-order valence-electron chi connectivity index (χ0n) is 9.79. The van der Waals surface area contributed by atoms with Crippen LogP contribution in [0, 0.1) is 0 Å². The second-order valence-electron chi connectivity index (χ2n) is 3.92. The molecule has 18 heavy (non-hydrogen) atoms. The molecular weight excluding hydrogens is 338 g/mol. The van der Waals surface area contributed by atoms with Gasteiger partial charge in [-0.3, -0.25) is 4.72 Å². The zero-order valence-corrected chi connectivity index (χ0v) is 13.0. The summed E-state index contributed by atoms with van der Waals surface area (Å²) in [4.78, 5) is 0. The number of sulfonamides is 1. The fourth-order valence-corrected chi connectivity index (χ4v) is 4.50. The Hall–Kier alpha value is -0.860. The standard InChI is InChI=1S/C10H12BrN3O2S2/c1-7(2)14-9(5-6-12-14)13-18(15,16)10-4-3-8(11)17-10/h3-7,13H,1-2H3. The Morgan fingerprint density at radius 2 is 2.11 bits per heavy atom. The minimum atomic E-state index is -3.54. The van der Waals surface area contributed by atoms with E-state index in [4.69, 9.17) is 0 Å². The van der Waals surface area contributed by atoms with Crippen molar-refractivity contribution >= 4 is 43.1 Å². The van der Waals surface area contributed by atoms with Gasteiger partial charge in [-0.15, -0.1) is 11.3 Å². The predicted octanol–water partition coefficient (Wildman–Crippen LogP) is 3.09. The van der Waals surface area contributed by atoms with Crippen LogP contribution in [0.4, 0.5) is 5.82 Å². The second-order valence-corrected chi connectivity index (χ2v) is 8.29. The van der Waals surface area contributed by atoms with Crippen LogP contribution < -0.4 is 4.72 Å². The van der Waals surface area contributed by atoms with Gasteiger partial charge in [0.25, 0.3) is 10.0 Å². The highest BCUT2D eigenvalue weighted by Crippen LogP contribution is 2.27. The summed E-state index contributed by atoms with van der Waals surface area (Å²) in [5, 5.41) is 4.08. The van der Waals surface area contributed by atoms with E-state index in [-0.39, 0.29) is 10.3 Å². The molecule has 0 aliphatic heterocycles. The Bertz CT molecular complexity index is 646. The highest BCUT2D eigenvalue weighted by atomic mass is 79.9. The fourth-order valence-electron chi connectivity index (χ4n) is 1.44. The van der Waals surface area contributed by atoms with Crippen molar-refractivity contribution in [3.05, 3.63) is 28.2 Å². The van der Waals surface area contributed by atoms with Crippen molar-refractivity contribution in [3.63, 3.8) is 0 Å². The number of nitrogens with one attached hydrogen (secondary N) is 1. The molecule has 5 nitrogen and oxygen atoms in total. The number of rotatable bonds is 4. The molecule has 0 fully saturated rings. The number of nitrogens with zero attached hydrogens (tertiary/aromatic N) is 2. The molecule has 0 spiro atoms. The van der Waals surface area contributed by atoms with Gasteiger partial charge in [-0.05, 0) is 41.9 Å². The number of thiophene rings is 1. The minimum absolute atomic E-state index is 0.0905. The van der Waals surface area contributed by atoms with Gasteiger partial charge in [0.15, 0.2) is 0 Å². The molecule has 2 aromatic heterocycles. The van der Waals surface area contributed by atoms with Crippen LogP contribution in [0.15, 0.2) is 32.4 Å². The average molecular weight is 350 g/mol. The third kappa shape index (κ3) is 2.76. The molecule has 0 saturated heterocycles. The zero-order chi connectivity index (χ0) is 13.3. The summed E-state index contributed by atoms with van der Waals surface area (Å²) in [7, 11) is -3.54. The number of anilines is 1. The van der Waals surface area contributed by atoms with Crippen molar-refractivity contribution in [1.29, 1.82) is 0 Å². The molecule has 0 aliphatic rings. The molecule has 2 rings (SSSR count). The van der Waals surface area contributed by atoms with Crippen LogP contribution in [-0.4, -0.2) is 18.2 Å². The van der Waals surface area contributed by atoms with Crippen LogP contribution in [0.5, 0.6) is 0 Å². The summed E-state index contributed by atoms with van der Waals surface area (Å²) in [6.45, 7) is 3.87. The average Bonchev–Trinajstić information content (AvgIpc) is 2.86. The van der Waals surface area contributed by atoms with Crippen molar-refractivity contribution in [2.45, 2.75) is 24.1 Å². The number of aromatic nitrogens is 2. The van der Waals surface area contributed by atoms with Crippen LogP contribution in [0.1, 0.15) is 19.9 Å². The summed E-state index contributed by atoms with van der Waals surface area (Å²) in [5.74, 6) is 0.467. The number of hydrogen-bond donors (Lipinski definition) is 1. The van der Waals surface area contributed by atoms with E-state index >= 15 is 0 Å². The first-order valence-electron chi connectivity index (χ1n) is 5.22. The normalized spacial score (nSPS) is 12.0. The first-order valence-corrected chi connectivity index (χ1v) is 8.31. The van der Waals surface area contributed by atoms with Crippen molar-refractivity contribution in [1.82, 2.24) is 9.78 Å². The SMILES string of the molecule is CC(C)n1nccc1NS(=O)(=O)c1ccc(Br)s1. The van der Waals surface area contributed by atoms with Gasteiger partial charge in [-0.1, -0.05) is 0 Å². The minimum Gasteiger partial charge on any atom is -0.263 e. The van der Waals surface area contributed by atoms with Crippen molar-refractivity contribution in [2.75, 3.05) is 4.72 Å². The van der Waals surface area contributed by atoms with Gasteiger partial charge in [0, 0.05) is 12.1 Å². The van der Waals surface area contributed by atoms with E-state index in [0.29, 0.717) is 5.82 Å². The first kappa shape index (κ1) is 13.6. The number of halogens is 1. The summed E-state index contributed by atoms with van der Waals surface area (Å²) >= 11 is 4.42. The quantitative estimate of drug-likeness (QED) is 0.922. The maximum Gasteiger partial charge on any atom is 0.272 e. The maximum atomic E-state index is 12.1.